The molecule has 1 N–H and O–H groups in total. The van der Waals surface area contributed by atoms with E-state index in [9.17, 15) is 0 Å². The van der Waals surface area contributed by atoms with Crippen LogP contribution in [-0.2, 0) is 0 Å². The number of nitrogens with zero attached hydrogens (tertiary/aromatic N) is 1. The molecule has 0 bridgehead atoms. The van der Waals surface area contributed by atoms with Crippen LogP contribution in [0.25, 0.3) is 22.5 Å². The van der Waals surface area contributed by atoms with E-state index in [0.29, 0.717) is 6.61 Å². The average Bonchev–Trinajstić information content (AvgIpc) is 2.91. The molecule has 0 radical (unpaired) electrons. The van der Waals surface area contributed by atoms with Gasteiger partial charge in [-0.1, -0.05) is 30.3 Å². The minimum Gasteiger partial charge on any atom is -0.494 e. The van der Waals surface area contributed by atoms with Gasteiger partial charge in [0.05, 0.1) is 18.0 Å². The Labute approximate surface area is 124 Å². The maximum Gasteiger partial charge on any atom is 0.119 e. The maximum absolute atomic E-state index is 5.49. The number of aromatic nitrogens is 2. The lowest BCUT2D eigenvalue weighted by Gasteiger charge is -2.06. The van der Waals surface area contributed by atoms with Gasteiger partial charge in [-0.05, 0) is 38.1 Å². The van der Waals surface area contributed by atoms with Crippen molar-refractivity contribution in [3.8, 4) is 28.3 Å². The van der Waals surface area contributed by atoms with Crippen LogP contribution in [-0.4, -0.2) is 16.6 Å². The molecule has 0 saturated heterocycles. The summed E-state index contributed by atoms with van der Waals surface area (Å²) >= 11 is 0. The van der Waals surface area contributed by atoms with Gasteiger partial charge in [0.25, 0.3) is 0 Å². The molecule has 1 aromatic heterocycles. The Bertz CT molecular complexity index is 715. The lowest BCUT2D eigenvalue weighted by atomic mass is 10.1. The second-order valence-corrected chi connectivity index (χ2v) is 4.87. The van der Waals surface area contributed by atoms with Crippen LogP contribution in [0, 0.1) is 6.92 Å². The largest absolute Gasteiger partial charge is 0.494 e. The predicted molar refractivity (Wildman–Crippen MR) is 85.4 cm³/mol. The Morgan fingerprint density at radius 3 is 2.33 bits per heavy atom. The summed E-state index contributed by atoms with van der Waals surface area (Å²) in [4.78, 5) is 7.99. The van der Waals surface area contributed by atoms with Gasteiger partial charge in [0.15, 0.2) is 0 Å². The Morgan fingerprint density at radius 2 is 1.67 bits per heavy atom. The van der Waals surface area contributed by atoms with E-state index in [1.807, 2.05) is 44.2 Å². The molecular weight excluding hydrogens is 260 g/mol. The Kier molecular flexibility index (Phi) is 3.73. The van der Waals surface area contributed by atoms with Crippen molar-refractivity contribution < 1.29 is 4.74 Å². The van der Waals surface area contributed by atoms with Crippen molar-refractivity contribution in [1.29, 1.82) is 0 Å². The molecule has 0 aliphatic rings. The van der Waals surface area contributed by atoms with Gasteiger partial charge >= 0.3 is 0 Å². The first-order chi connectivity index (χ1) is 10.3. The first kappa shape index (κ1) is 13.4. The van der Waals surface area contributed by atoms with Crippen LogP contribution in [0.5, 0.6) is 5.75 Å². The summed E-state index contributed by atoms with van der Waals surface area (Å²) in [6.07, 6.45) is 0. The van der Waals surface area contributed by atoms with E-state index in [1.165, 1.54) is 0 Å². The van der Waals surface area contributed by atoms with Crippen LogP contribution in [0.1, 0.15) is 12.7 Å². The number of aromatic amines is 1. The van der Waals surface area contributed by atoms with Gasteiger partial charge in [0.2, 0.25) is 0 Å². The first-order valence-corrected chi connectivity index (χ1v) is 7.13. The fourth-order valence-corrected chi connectivity index (χ4v) is 2.39. The van der Waals surface area contributed by atoms with Crippen LogP contribution in [0.2, 0.25) is 0 Å². The monoisotopic (exact) mass is 278 g/mol. The molecule has 0 aliphatic carbocycles. The van der Waals surface area contributed by atoms with Crippen molar-refractivity contribution in [2.24, 2.45) is 0 Å². The van der Waals surface area contributed by atoms with Gasteiger partial charge < -0.3 is 9.72 Å². The second-order valence-electron chi connectivity index (χ2n) is 4.87. The minimum absolute atomic E-state index is 0.678. The standard InChI is InChI=1S/C18H18N2O/c1-3-21-16-11-9-15(10-12-16)18-17(19-13(2)20-18)14-7-5-4-6-8-14/h4-12H,3H2,1-2H3,(H,19,20). The number of imidazole rings is 1. The summed E-state index contributed by atoms with van der Waals surface area (Å²) < 4.78 is 5.49. The summed E-state index contributed by atoms with van der Waals surface area (Å²) in [5, 5.41) is 0. The van der Waals surface area contributed by atoms with E-state index in [2.05, 4.69) is 34.2 Å². The molecule has 2 aromatic carbocycles. The van der Waals surface area contributed by atoms with Crippen molar-refractivity contribution >= 4 is 0 Å². The quantitative estimate of drug-likeness (QED) is 0.765. The fraction of sp³-hybridized carbons (Fsp3) is 0.167. The number of ether oxygens (including phenoxy) is 1. The molecule has 0 fully saturated rings. The van der Waals surface area contributed by atoms with Crippen LogP contribution in [0.15, 0.2) is 54.6 Å². The van der Waals surface area contributed by atoms with E-state index in [1.54, 1.807) is 0 Å². The van der Waals surface area contributed by atoms with Gasteiger partial charge in [-0.25, -0.2) is 4.98 Å². The molecule has 0 unspecified atom stereocenters. The number of H-pyrrole nitrogens is 1. The molecule has 0 atom stereocenters. The highest BCUT2D eigenvalue weighted by Crippen LogP contribution is 2.30. The average molecular weight is 278 g/mol. The van der Waals surface area contributed by atoms with Crippen molar-refractivity contribution in [2.75, 3.05) is 6.61 Å². The molecule has 0 aliphatic heterocycles. The minimum atomic E-state index is 0.678. The van der Waals surface area contributed by atoms with Gasteiger partial charge in [0.1, 0.15) is 11.6 Å². The topological polar surface area (TPSA) is 37.9 Å². The molecule has 21 heavy (non-hydrogen) atoms. The number of nitrogens with one attached hydrogen (secondary N) is 1. The van der Waals surface area contributed by atoms with E-state index in [4.69, 9.17) is 4.74 Å². The van der Waals surface area contributed by atoms with Crippen molar-refractivity contribution in [3.05, 3.63) is 60.4 Å². The van der Waals surface area contributed by atoms with Crippen molar-refractivity contribution in [1.82, 2.24) is 9.97 Å². The third-order valence-electron chi connectivity index (χ3n) is 3.32. The summed E-state index contributed by atoms with van der Waals surface area (Å²) in [6.45, 7) is 4.64. The summed E-state index contributed by atoms with van der Waals surface area (Å²) in [5.74, 6) is 1.80. The molecule has 3 aromatic rings. The first-order valence-electron chi connectivity index (χ1n) is 7.13. The zero-order chi connectivity index (χ0) is 14.7. The fourth-order valence-electron chi connectivity index (χ4n) is 2.39. The van der Waals surface area contributed by atoms with Gasteiger partial charge in [-0.2, -0.15) is 0 Å². The molecular formula is C18H18N2O. The summed E-state index contributed by atoms with van der Waals surface area (Å²) in [7, 11) is 0. The third-order valence-corrected chi connectivity index (χ3v) is 3.32. The third kappa shape index (κ3) is 2.82. The number of rotatable bonds is 4. The van der Waals surface area contributed by atoms with E-state index >= 15 is 0 Å². The van der Waals surface area contributed by atoms with Crippen LogP contribution < -0.4 is 4.74 Å². The number of benzene rings is 2. The predicted octanol–water partition coefficient (Wildman–Crippen LogP) is 4.45. The van der Waals surface area contributed by atoms with E-state index in [0.717, 1.165) is 34.1 Å². The smallest absolute Gasteiger partial charge is 0.119 e. The van der Waals surface area contributed by atoms with Crippen molar-refractivity contribution in [2.45, 2.75) is 13.8 Å². The molecule has 106 valence electrons. The summed E-state index contributed by atoms with van der Waals surface area (Å²) in [6, 6.07) is 18.3. The second kappa shape index (κ2) is 5.83. The molecule has 0 saturated carbocycles. The molecule has 1 heterocycles. The maximum atomic E-state index is 5.49. The number of hydrogen-bond acceptors (Lipinski definition) is 2. The normalized spacial score (nSPS) is 10.6. The molecule has 0 amide bonds. The highest BCUT2D eigenvalue weighted by Gasteiger charge is 2.12. The lowest BCUT2D eigenvalue weighted by molar-refractivity contribution is 0.340. The molecule has 0 spiro atoms. The van der Waals surface area contributed by atoms with Crippen LogP contribution >= 0.6 is 0 Å². The highest BCUT2D eigenvalue weighted by atomic mass is 16.5. The molecule has 3 rings (SSSR count). The van der Waals surface area contributed by atoms with Crippen molar-refractivity contribution in [3.63, 3.8) is 0 Å². The van der Waals surface area contributed by atoms with Gasteiger partial charge in [0, 0.05) is 11.1 Å². The Balaban J connectivity index is 2.02. The highest BCUT2D eigenvalue weighted by molar-refractivity contribution is 5.78. The van der Waals surface area contributed by atoms with E-state index < -0.39 is 0 Å². The zero-order valence-corrected chi connectivity index (χ0v) is 12.3. The van der Waals surface area contributed by atoms with Crippen LogP contribution in [0.3, 0.4) is 0 Å². The Hall–Kier alpha value is -2.55. The van der Waals surface area contributed by atoms with Crippen LogP contribution in [0.4, 0.5) is 0 Å². The zero-order valence-electron chi connectivity index (χ0n) is 12.3. The lowest BCUT2D eigenvalue weighted by Crippen LogP contribution is -1.91. The molecule has 3 nitrogen and oxygen atoms in total. The summed E-state index contributed by atoms with van der Waals surface area (Å²) in [5.41, 5.74) is 4.25. The molecule has 3 heteroatoms. The van der Waals surface area contributed by atoms with E-state index in [-0.39, 0.29) is 0 Å². The Morgan fingerprint density at radius 1 is 0.952 bits per heavy atom. The van der Waals surface area contributed by atoms with Gasteiger partial charge in [-0.3, -0.25) is 0 Å². The van der Waals surface area contributed by atoms with Gasteiger partial charge in [-0.15, -0.1) is 0 Å². The number of aryl methyl sites for hydroxylation is 1. The number of hydrogen-bond donors (Lipinski definition) is 1. The SMILES string of the molecule is CCOc1ccc(-c2[nH]c(C)nc2-c2ccccc2)cc1.